The second kappa shape index (κ2) is 8.83. The minimum absolute atomic E-state index is 0.119. The number of carbonyl (C=O) groups excluding carboxylic acids is 1. The first-order chi connectivity index (χ1) is 15.0. The van der Waals surface area contributed by atoms with Crippen LogP contribution >= 0.6 is 0 Å². The van der Waals surface area contributed by atoms with E-state index in [0.717, 1.165) is 22.4 Å². The lowest BCUT2D eigenvalue weighted by Gasteiger charge is -2.07. The maximum Gasteiger partial charge on any atom is 0.203 e. The van der Waals surface area contributed by atoms with E-state index in [4.69, 9.17) is 0 Å². The maximum absolute atomic E-state index is 12.4. The standard InChI is InChI=1S/C23H22N6O2/c1-3-20(30)10-17-12-24-23(25-13-17)18-6-4-5-16(9-18)11-21-22(31)7-8-29(27-21)19-14-26-28(2)15-19/h4-9,12-15H,3,10-11H2,1-2H3. The molecule has 0 atom stereocenters. The zero-order valence-electron chi connectivity index (χ0n) is 17.4. The second-order valence-electron chi connectivity index (χ2n) is 7.30. The zero-order chi connectivity index (χ0) is 21.8. The molecule has 4 rings (SSSR count). The largest absolute Gasteiger partial charge is 0.299 e. The van der Waals surface area contributed by atoms with Gasteiger partial charge in [-0.3, -0.25) is 14.3 Å². The first-order valence-corrected chi connectivity index (χ1v) is 10.0. The highest BCUT2D eigenvalue weighted by molar-refractivity contribution is 5.80. The van der Waals surface area contributed by atoms with Gasteiger partial charge in [0.25, 0.3) is 0 Å². The molecule has 8 heteroatoms. The van der Waals surface area contributed by atoms with Crippen LogP contribution in [0.15, 0.2) is 66.1 Å². The third kappa shape index (κ3) is 4.80. The van der Waals surface area contributed by atoms with E-state index in [0.29, 0.717) is 30.8 Å². The predicted molar refractivity (Wildman–Crippen MR) is 116 cm³/mol. The van der Waals surface area contributed by atoms with Gasteiger partial charge in [0.2, 0.25) is 5.43 Å². The van der Waals surface area contributed by atoms with E-state index in [2.05, 4.69) is 20.2 Å². The van der Waals surface area contributed by atoms with Crippen molar-refractivity contribution in [3.63, 3.8) is 0 Å². The molecule has 0 spiro atoms. The number of benzene rings is 1. The fourth-order valence-corrected chi connectivity index (χ4v) is 3.20. The smallest absolute Gasteiger partial charge is 0.203 e. The second-order valence-corrected chi connectivity index (χ2v) is 7.30. The molecule has 0 fully saturated rings. The lowest BCUT2D eigenvalue weighted by molar-refractivity contribution is -0.118. The van der Waals surface area contributed by atoms with Gasteiger partial charge >= 0.3 is 0 Å². The molecule has 0 amide bonds. The van der Waals surface area contributed by atoms with Crippen molar-refractivity contribution in [3.8, 4) is 17.1 Å². The van der Waals surface area contributed by atoms with Gasteiger partial charge in [-0.1, -0.05) is 25.1 Å². The molecule has 0 aliphatic carbocycles. The van der Waals surface area contributed by atoms with Crippen LogP contribution < -0.4 is 5.43 Å². The van der Waals surface area contributed by atoms with Gasteiger partial charge in [0.15, 0.2) is 5.82 Å². The average molecular weight is 414 g/mol. The fraction of sp³-hybridized carbons (Fsp3) is 0.217. The third-order valence-electron chi connectivity index (χ3n) is 4.89. The van der Waals surface area contributed by atoms with Crippen molar-refractivity contribution >= 4 is 5.78 Å². The summed E-state index contributed by atoms with van der Waals surface area (Å²) in [5.41, 5.74) is 3.68. The van der Waals surface area contributed by atoms with Crippen molar-refractivity contribution in [2.45, 2.75) is 26.2 Å². The Kier molecular flexibility index (Phi) is 5.79. The van der Waals surface area contributed by atoms with Crippen LogP contribution in [-0.2, 0) is 24.7 Å². The van der Waals surface area contributed by atoms with Gasteiger partial charge in [-0.15, -0.1) is 0 Å². The summed E-state index contributed by atoms with van der Waals surface area (Å²) in [5, 5.41) is 8.63. The molecule has 0 saturated carbocycles. The average Bonchev–Trinajstić information content (AvgIpc) is 3.22. The Morgan fingerprint density at radius 2 is 1.87 bits per heavy atom. The van der Waals surface area contributed by atoms with E-state index in [-0.39, 0.29) is 11.2 Å². The summed E-state index contributed by atoms with van der Waals surface area (Å²) in [6.07, 6.45) is 9.77. The summed E-state index contributed by atoms with van der Waals surface area (Å²) in [7, 11) is 1.83. The van der Waals surface area contributed by atoms with Crippen molar-refractivity contribution in [2.75, 3.05) is 0 Å². The summed E-state index contributed by atoms with van der Waals surface area (Å²) < 4.78 is 3.33. The van der Waals surface area contributed by atoms with E-state index >= 15 is 0 Å². The molecule has 0 N–H and O–H groups in total. The van der Waals surface area contributed by atoms with Gasteiger partial charge in [-0.05, 0) is 17.2 Å². The molecule has 8 nitrogen and oxygen atoms in total. The molecule has 0 saturated heterocycles. The molecule has 1 aromatic carbocycles. The Bertz CT molecular complexity index is 1270. The summed E-state index contributed by atoms with van der Waals surface area (Å²) in [6, 6.07) is 9.24. The van der Waals surface area contributed by atoms with Gasteiger partial charge in [-0.25, -0.2) is 14.6 Å². The number of aromatic nitrogens is 6. The molecule has 4 aromatic rings. The molecule has 31 heavy (non-hydrogen) atoms. The molecular formula is C23H22N6O2. The molecule has 0 radical (unpaired) electrons. The minimum Gasteiger partial charge on any atom is -0.299 e. The van der Waals surface area contributed by atoms with Crippen molar-refractivity contribution < 1.29 is 4.79 Å². The minimum atomic E-state index is -0.119. The SMILES string of the molecule is CCC(=O)Cc1cnc(-c2cccc(Cc3nn(-c4cnn(C)c4)ccc3=O)c2)nc1. The topological polar surface area (TPSA) is 95.6 Å². The number of hydrogen-bond donors (Lipinski definition) is 0. The highest BCUT2D eigenvalue weighted by Gasteiger charge is 2.09. The highest BCUT2D eigenvalue weighted by atomic mass is 16.1. The normalized spacial score (nSPS) is 10.9. The molecule has 3 aromatic heterocycles. The monoisotopic (exact) mass is 414 g/mol. The van der Waals surface area contributed by atoms with Gasteiger partial charge in [0, 0.05) is 56.5 Å². The summed E-state index contributed by atoms with van der Waals surface area (Å²) in [4.78, 5) is 32.8. The van der Waals surface area contributed by atoms with E-state index < -0.39 is 0 Å². The number of aryl methyl sites for hydroxylation is 1. The summed E-state index contributed by atoms with van der Waals surface area (Å²) >= 11 is 0. The van der Waals surface area contributed by atoms with Gasteiger partial charge in [-0.2, -0.15) is 10.2 Å². The van der Waals surface area contributed by atoms with Gasteiger partial charge in [0.1, 0.15) is 17.2 Å². The van der Waals surface area contributed by atoms with Crippen LogP contribution in [0.5, 0.6) is 0 Å². The lowest BCUT2D eigenvalue weighted by Crippen LogP contribution is -2.16. The van der Waals surface area contributed by atoms with E-state index in [9.17, 15) is 9.59 Å². The fourth-order valence-electron chi connectivity index (χ4n) is 3.20. The maximum atomic E-state index is 12.4. The molecule has 0 bridgehead atoms. The van der Waals surface area contributed by atoms with Crippen molar-refractivity contribution in [1.82, 2.24) is 29.5 Å². The molecule has 0 aliphatic rings. The Morgan fingerprint density at radius 1 is 1.06 bits per heavy atom. The quantitative estimate of drug-likeness (QED) is 0.461. The Morgan fingerprint density at radius 3 is 2.58 bits per heavy atom. The number of carbonyl (C=O) groups is 1. The van der Waals surface area contributed by atoms with Gasteiger partial charge in [0.05, 0.1) is 12.4 Å². The van der Waals surface area contributed by atoms with Crippen LogP contribution in [0.4, 0.5) is 0 Å². The summed E-state index contributed by atoms with van der Waals surface area (Å²) in [5.74, 6) is 0.731. The van der Waals surface area contributed by atoms with Crippen LogP contribution in [0.25, 0.3) is 17.1 Å². The number of nitrogens with zero attached hydrogens (tertiary/aromatic N) is 6. The zero-order valence-corrected chi connectivity index (χ0v) is 17.4. The van der Waals surface area contributed by atoms with Crippen molar-refractivity contribution in [3.05, 3.63) is 88.4 Å². The first-order valence-electron chi connectivity index (χ1n) is 10.0. The Labute approximate surface area is 179 Å². The number of Topliss-reactive ketones (excluding diaryl/α,β-unsaturated/α-hetero) is 1. The van der Waals surface area contributed by atoms with Gasteiger partial charge < -0.3 is 0 Å². The van der Waals surface area contributed by atoms with Crippen molar-refractivity contribution in [2.24, 2.45) is 7.05 Å². The molecule has 0 aliphatic heterocycles. The molecule has 3 heterocycles. The third-order valence-corrected chi connectivity index (χ3v) is 4.89. The Hall–Kier alpha value is -3.94. The van der Waals surface area contributed by atoms with Crippen molar-refractivity contribution in [1.29, 1.82) is 0 Å². The van der Waals surface area contributed by atoms with Crippen LogP contribution in [-0.4, -0.2) is 35.3 Å². The van der Waals surface area contributed by atoms with Crippen LogP contribution in [0.3, 0.4) is 0 Å². The van der Waals surface area contributed by atoms with E-state index in [1.54, 1.807) is 34.2 Å². The van der Waals surface area contributed by atoms with Crippen LogP contribution in [0, 0.1) is 0 Å². The van der Waals surface area contributed by atoms with E-state index in [1.165, 1.54) is 6.07 Å². The van der Waals surface area contributed by atoms with Crippen LogP contribution in [0.2, 0.25) is 0 Å². The molecule has 156 valence electrons. The summed E-state index contributed by atoms with van der Waals surface area (Å²) in [6.45, 7) is 1.84. The Balaban J connectivity index is 1.57. The highest BCUT2D eigenvalue weighted by Crippen LogP contribution is 2.18. The lowest BCUT2D eigenvalue weighted by atomic mass is 10.1. The number of rotatable bonds is 7. The van der Waals surface area contributed by atoms with Crippen LogP contribution in [0.1, 0.15) is 30.2 Å². The molecule has 0 unspecified atom stereocenters. The first kappa shape index (κ1) is 20.3. The van der Waals surface area contributed by atoms with E-state index in [1.807, 2.05) is 44.4 Å². The number of ketones is 1. The predicted octanol–water partition coefficient (Wildman–Crippen LogP) is 2.54. The molecular weight excluding hydrogens is 392 g/mol. The number of hydrogen-bond acceptors (Lipinski definition) is 6.